The number of benzene rings is 1. The van der Waals surface area contributed by atoms with Crippen molar-refractivity contribution in [1.29, 1.82) is 0 Å². The second-order valence-electron chi connectivity index (χ2n) is 6.62. The van der Waals surface area contributed by atoms with Gasteiger partial charge in [-0.1, -0.05) is 12.1 Å². The number of halogens is 3. The molecule has 1 amide bonds. The maximum absolute atomic E-state index is 12.7. The molecule has 3 rings (SSSR count). The van der Waals surface area contributed by atoms with E-state index in [1.165, 1.54) is 12.1 Å². The molecule has 2 N–H and O–H groups in total. The van der Waals surface area contributed by atoms with Gasteiger partial charge < -0.3 is 5.32 Å². The molecule has 150 valence electrons. The zero-order valence-corrected chi connectivity index (χ0v) is 15.4. The summed E-state index contributed by atoms with van der Waals surface area (Å²) in [7, 11) is -3.84. The Morgan fingerprint density at radius 3 is 2.36 bits per heavy atom. The molecule has 0 radical (unpaired) electrons. The molecule has 1 aromatic heterocycles. The molecule has 1 atom stereocenters. The molecule has 1 aliphatic rings. The van der Waals surface area contributed by atoms with E-state index >= 15 is 0 Å². The zero-order chi connectivity index (χ0) is 20.7. The third-order valence-corrected chi connectivity index (χ3v) is 5.18. The highest BCUT2D eigenvalue weighted by Gasteiger charge is 2.35. The Morgan fingerprint density at radius 2 is 1.86 bits per heavy atom. The first-order valence-corrected chi connectivity index (χ1v) is 10.1. The average molecular weight is 415 g/mol. The number of rotatable bonds is 5. The number of nitrogens with one attached hydrogen (secondary N) is 2. The first-order valence-electron chi connectivity index (χ1n) is 8.24. The number of amides is 1. The predicted molar refractivity (Wildman–Crippen MR) is 92.3 cm³/mol. The molecule has 0 saturated heterocycles. The molecule has 2 aromatic rings. The van der Waals surface area contributed by atoms with Gasteiger partial charge in [-0.2, -0.15) is 13.2 Å². The number of nitrogens with zero attached hydrogens (tertiary/aromatic N) is 1. The van der Waals surface area contributed by atoms with Gasteiger partial charge in [0, 0.05) is 12.3 Å². The average Bonchev–Trinajstić information content (AvgIpc) is 3.42. The smallest absolute Gasteiger partial charge is 0.344 e. The van der Waals surface area contributed by atoms with Gasteiger partial charge in [0.2, 0.25) is 15.0 Å². The lowest BCUT2D eigenvalue weighted by Crippen LogP contribution is -2.32. The van der Waals surface area contributed by atoms with Crippen LogP contribution in [0.1, 0.15) is 40.5 Å². The number of aromatic nitrogens is 2. The van der Waals surface area contributed by atoms with Gasteiger partial charge in [-0.05, 0) is 36.5 Å². The molecule has 0 unspecified atom stereocenters. The van der Waals surface area contributed by atoms with E-state index in [-0.39, 0.29) is 11.6 Å². The van der Waals surface area contributed by atoms with E-state index in [4.69, 9.17) is 0 Å². The van der Waals surface area contributed by atoms with E-state index in [2.05, 4.69) is 10.3 Å². The topological polar surface area (TPSA) is 109 Å². The summed E-state index contributed by atoms with van der Waals surface area (Å²) in [5.74, 6) is -0.746. The van der Waals surface area contributed by atoms with Crippen LogP contribution < -0.4 is 10.9 Å². The molecule has 1 heterocycles. The summed E-state index contributed by atoms with van der Waals surface area (Å²) in [6.45, 7) is 0. The maximum Gasteiger partial charge on any atom is 0.416 e. The molecule has 1 saturated carbocycles. The lowest BCUT2D eigenvalue weighted by molar-refractivity contribution is -0.137. The predicted octanol–water partition coefficient (Wildman–Crippen LogP) is 2.07. The van der Waals surface area contributed by atoms with E-state index in [1.807, 2.05) is 4.98 Å². The third kappa shape index (κ3) is 4.58. The van der Waals surface area contributed by atoms with Gasteiger partial charge in [0.25, 0.3) is 11.5 Å². The summed E-state index contributed by atoms with van der Waals surface area (Å²) in [5, 5.41) is 2.01. The van der Waals surface area contributed by atoms with Crippen LogP contribution in [-0.2, 0) is 16.0 Å². The van der Waals surface area contributed by atoms with Crippen molar-refractivity contribution in [2.75, 3.05) is 6.26 Å². The number of hydrogen-bond donors (Lipinski definition) is 2. The van der Waals surface area contributed by atoms with Crippen LogP contribution in [-0.4, -0.2) is 30.5 Å². The molecule has 0 spiro atoms. The first kappa shape index (κ1) is 20.1. The molecule has 1 fully saturated rings. The largest absolute Gasteiger partial charge is 0.416 e. The fourth-order valence-electron chi connectivity index (χ4n) is 2.72. The van der Waals surface area contributed by atoms with Gasteiger partial charge in [-0.25, -0.2) is 13.4 Å². The van der Waals surface area contributed by atoms with E-state index < -0.39 is 44.2 Å². The van der Waals surface area contributed by atoms with Crippen LogP contribution in [0.4, 0.5) is 13.2 Å². The van der Waals surface area contributed by atoms with Crippen LogP contribution in [0.15, 0.2) is 40.3 Å². The maximum atomic E-state index is 12.7. The minimum Gasteiger partial charge on any atom is -0.344 e. The van der Waals surface area contributed by atoms with Gasteiger partial charge in [0.1, 0.15) is 5.69 Å². The molecule has 0 bridgehead atoms. The van der Waals surface area contributed by atoms with Crippen LogP contribution in [0.2, 0.25) is 0 Å². The molecular weight excluding hydrogens is 399 g/mol. The van der Waals surface area contributed by atoms with Crippen LogP contribution in [0, 0.1) is 5.92 Å². The lowest BCUT2D eigenvalue weighted by Gasteiger charge is -2.19. The number of aromatic amines is 1. The Kier molecular flexibility index (Phi) is 5.04. The highest BCUT2D eigenvalue weighted by molar-refractivity contribution is 7.90. The van der Waals surface area contributed by atoms with Crippen molar-refractivity contribution in [2.45, 2.75) is 30.2 Å². The van der Waals surface area contributed by atoms with E-state index in [1.54, 1.807) is 0 Å². The summed E-state index contributed by atoms with van der Waals surface area (Å²) in [5.41, 5.74) is -1.51. The summed E-state index contributed by atoms with van der Waals surface area (Å²) < 4.78 is 61.4. The van der Waals surface area contributed by atoms with E-state index in [0.29, 0.717) is 5.56 Å². The van der Waals surface area contributed by atoms with Gasteiger partial charge in [0.05, 0.1) is 11.6 Å². The molecule has 1 aliphatic carbocycles. The second kappa shape index (κ2) is 7.04. The number of alkyl halides is 3. The van der Waals surface area contributed by atoms with Crippen molar-refractivity contribution >= 4 is 15.7 Å². The molecule has 11 heteroatoms. The minimum atomic E-state index is -4.46. The molecule has 28 heavy (non-hydrogen) atoms. The van der Waals surface area contributed by atoms with Crippen molar-refractivity contribution in [3.63, 3.8) is 0 Å². The van der Waals surface area contributed by atoms with Crippen LogP contribution in [0.5, 0.6) is 0 Å². The Bertz CT molecular complexity index is 1060. The van der Waals surface area contributed by atoms with Gasteiger partial charge in [0.15, 0.2) is 0 Å². The Labute approximate surface area is 157 Å². The zero-order valence-electron chi connectivity index (χ0n) is 14.6. The van der Waals surface area contributed by atoms with Crippen LogP contribution in [0.3, 0.4) is 0 Å². The van der Waals surface area contributed by atoms with Gasteiger partial charge >= 0.3 is 6.18 Å². The standard InChI is InChI=1S/C17H16F3N3O4S/c1-28(26,27)16-21-12(8-13(24)22-16)15(25)23-14(9-2-3-9)10-4-6-11(7-5-10)17(18,19)20/h4-9,14H,2-3H2,1H3,(H,23,25)(H,21,22,24)/t14-/m1/s1. The third-order valence-electron chi connectivity index (χ3n) is 4.28. The monoisotopic (exact) mass is 415 g/mol. The molecule has 7 nitrogen and oxygen atoms in total. The van der Waals surface area contributed by atoms with Crippen LogP contribution >= 0.6 is 0 Å². The first-order chi connectivity index (χ1) is 12.9. The Hall–Kier alpha value is -2.69. The SMILES string of the molecule is CS(=O)(=O)c1nc(C(=O)N[C@@H](c2ccc(C(F)(F)F)cc2)C2CC2)cc(=O)[nH]1. The number of hydrogen-bond acceptors (Lipinski definition) is 5. The lowest BCUT2D eigenvalue weighted by atomic mass is 10.0. The number of carbonyl (C=O) groups is 1. The number of H-pyrrole nitrogens is 1. The fraction of sp³-hybridized carbons (Fsp3) is 0.353. The summed E-state index contributed by atoms with van der Waals surface area (Å²) >= 11 is 0. The van der Waals surface area contributed by atoms with Crippen molar-refractivity contribution in [3.05, 3.63) is 57.5 Å². The number of sulfone groups is 1. The summed E-state index contributed by atoms with van der Waals surface area (Å²) in [6.07, 6.45) is -2.07. The van der Waals surface area contributed by atoms with E-state index in [0.717, 1.165) is 37.3 Å². The molecule has 1 aromatic carbocycles. The number of carbonyl (C=O) groups excluding carboxylic acids is 1. The highest BCUT2D eigenvalue weighted by atomic mass is 32.2. The second-order valence-corrected chi connectivity index (χ2v) is 8.55. The fourth-order valence-corrected chi connectivity index (χ4v) is 3.27. The molecular formula is C17H16F3N3O4S. The van der Waals surface area contributed by atoms with E-state index in [9.17, 15) is 31.2 Å². The highest BCUT2D eigenvalue weighted by Crippen LogP contribution is 2.41. The van der Waals surface area contributed by atoms with Crippen molar-refractivity contribution in [1.82, 2.24) is 15.3 Å². The van der Waals surface area contributed by atoms with Gasteiger partial charge in [-0.15, -0.1) is 0 Å². The summed E-state index contributed by atoms with van der Waals surface area (Å²) in [4.78, 5) is 29.9. The quantitative estimate of drug-likeness (QED) is 0.727. The molecule has 0 aliphatic heterocycles. The minimum absolute atomic E-state index is 0.0389. The Morgan fingerprint density at radius 1 is 1.25 bits per heavy atom. The normalized spacial score (nSPS) is 15.9. The summed E-state index contributed by atoms with van der Waals surface area (Å²) in [6, 6.07) is 4.74. The van der Waals surface area contributed by atoms with Crippen LogP contribution in [0.25, 0.3) is 0 Å². The van der Waals surface area contributed by atoms with Crippen molar-refractivity contribution in [2.24, 2.45) is 5.92 Å². The Balaban J connectivity index is 1.87. The van der Waals surface area contributed by atoms with Crippen molar-refractivity contribution < 1.29 is 26.4 Å². The van der Waals surface area contributed by atoms with Gasteiger partial charge in [-0.3, -0.25) is 14.6 Å². The van der Waals surface area contributed by atoms with Crippen molar-refractivity contribution in [3.8, 4) is 0 Å².